The summed E-state index contributed by atoms with van der Waals surface area (Å²) in [4.78, 5) is 18.4. The average molecular weight is 436 g/mol. The minimum Gasteiger partial charge on any atom is -0.333 e. The Hall–Kier alpha value is -2.48. The zero-order chi connectivity index (χ0) is 22.5. The van der Waals surface area contributed by atoms with E-state index >= 15 is 0 Å². The van der Waals surface area contributed by atoms with E-state index in [0.717, 1.165) is 0 Å². The van der Waals surface area contributed by atoms with Crippen LogP contribution in [0.25, 0.3) is 0 Å². The fraction of sp³-hybridized carbons (Fsp3) is 0.455. The van der Waals surface area contributed by atoms with Crippen molar-refractivity contribution in [3.63, 3.8) is 0 Å². The van der Waals surface area contributed by atoms with Crippen molar-refractivity contribution >= 4 is 15.7 Å². The summed E-state index contributed by atoms with van der Waals surface area (Å²) in [5, 5.41) is -0.0494. The third-order valence-corrected chi connectivity index (χ3v) is 6.11. The molecule has 164 valence electrons. The number of imidazole rings is 1. The van der Waals surface area contributed by atoms with Crippen LogP contribution in [0.4, 0.5) is 4.39 Å². The summed E-state index contributed by atoms with van der Waals surface area (Å²) in [6, 6.07) is 5.20. The smallest absolute Gasteiger partial charge is 0.228 e. The molecule has 8 heteroatoms. The zero-order valence-electron chi connectivity index (χ0n) is 18.0. The van der Waals surface area contributed by atoms with Crippen LogP contribution in [-0.2, 0) is 26.9 Å². The Morgan fingerprint density at radius 1 is 1.23 bits per heavy atom. The van der Waals surface area contributed by atoms with Gasteiger partial charge in [0.15, 0.2) is 0 Å². The highest BCUT2D eigenvalue weighted by atomic mass is 32.2. The Morgan fingerprint density at radius 3 is 2.40 bits per heavy atom. The number of rotatable bonds is 10. The van der Waals surface area contributed by atoms with Crippen molar-refractivity contribution in [2.75, 3.05) is 6.54 Å². The molecule has 0 aliphatic carbocycles. The zero-order valence-corrected chi connectivity index (χ0v) is 18.8. The van der Waals surface area contributed by atoms with Crippen LogP contribution in [0.1, 0.15) is 51.4 Å². The van der Waals surface area contributed by atoms with Crippen LogP contribution < -0.4 is 0 Å². The first kappa shape index (κ1) is 23.8. The molecule has 0 unspecified atom stereocenters. The van der Waals surface area contributed by atoms with Gasteiger partial charge in [-0.1, -0.05) is 32.1 Å². The summed E-state index contributed by atoms with van der Waals surface area (Å²) in [7, 11) is -3.76. The fourth-order valence-corrected chi connectivity index (χ4v) is 4.83. The van der Waals surface area contributed by atoms with E-state index in [2.05, 4.69) is 11.6 Å². The standard InChI is InChI=1S/C22H30FN3O3S/c1-6-11-25(21(27)12-16(2)3)14-20-13-24-22(26(20)17(4)5)30(28,29)15-18-7-9-19(23)10-8-18/h6-10,13,16-17H,1,11-12,14-15H2,2-5H3. The lowest BCUT2D eigenvalue weighted by Crippen LogP contribution is -2.32. The Morgan fingerprint density at radius 2 is 1.87 bits per heavy atom. The number of aromatic nitrogens is 2. The highest BCUT2D eigenvalue weighted by Crippen LogP contribution is 2.23. The molecule has 0 fully saturated rings. The van der Waals surface area contributed by atoms with Crippen LogP contribution in [0.15, 0.2) is 48.3 Å². The number of carbonyl (C=O) groups is 1. The quantitative estimate of drug-likeness (QED) is 0.526. The summed E-state index contributed by atoms with van der Waals surface area (Å²) in [5.41, 5.74) is 1.12. The number of carbonyl (C=O) groups excluding carboxylic acids is 1. The van der Waals surface area contributed by atoms with Crippen molar-refractivity contribution in [2.45, 2.75) is 57.6 Å². The van der Waals surface area contributed by atoms with Gasteiger partial charge in [0, 0.05) is 19.0 Å². The minimum absolute atomic E-state index is 0.0166. The molecule has 0 radical (unpaired) electrons. The van der Waals surface area contributed by atoms with Gasteiger partial charge in [-0.05, 0) is 37.5 Å². The lowest BCUT2D eigenvalue weighted by atomic mass is 10.1. The van der Waals surface area contributed by atoms with E-state index in [0.29, 0.717) is 24.2 Å². The van der Waals surface area contributed by atoms with Crippen molar-refractivity contribution in [1.29, 1.82) is 0 Å². The van der Waals surface area contributed by atoms with E-state index in [4.69, 9.17) is 0 Å². The van der Waals surface area contributed by atoms with Crippen LogP contribution >= 0.6 is 0 Å². The SMILES string of the molecule is C=CCN(Cc1cnc(S(=O)(=O)Cc2ccc(F)cc2)n1C(C)C)C(=O)CC(C)C. The summed E-state index contributed by atoms with van der Waals surface area (Å²) in [5.74, 6) is -0.502. The number of nitrogens with zero attached hydrogens (tertiary/aromatic N) is 3. The second-order valence-corrected chi connectivity index (χ2v) is 9.93. The van der Waals surface area contributed by atoms with Gasteiger partial charge in [-0.2, -0.15) is 0 Å². The van der Waals surface area contributed by atoms with Crippen LogP contribution in [-0.4, -0.2) is 35.3 Å². The first-order valence-electron chi connectivity index (χ1n) is 9.97. The number of hydrogen-bond acceptors (Lipinski definition) is 4. The van der Waals surface area contributed by atoms with E-state index in [9.17, 15) is 17.6 Å². The molecular formula is C22H30FN3O3S. The molecule has 1 aromatic carbocycles. The lowest BCUT2D eigenvalue weighted by molar-refractivity contribution is -0.132. The second-order valence-electron chi connectivity index (χ2n) is 8.04. The van der Waals surface area contributed by atoms with Gasteiger partial charge in [0.1, 0.15) is 5.82 Å². The fourth-order valence-electron chi connectivity index (χ4n) is 3.23. The topological polar surface area (TPSA) is 72.3 Å². The normalized spacial score (nSPS) is 11.8. The molecule has 1 amide bonds. The Bertz CT molecular complexity index is 980. The molecule has 0 atom stereocenters. The third-order valence-electron chi connectivity index (χ3n) is 4.54. The van der Waals surface area contributed by atoms with Gasteiger partial charge in [-0.15, -0.1) is 6.58 Å². The highest BCUT2D eigenvalue weighted by molar-refractivity contribution is 7.90. The van der Waals surface area contributed by atoms with Gasteiger partial charge in [-0.25, -0.2) is 17.8 Å². The number of sulfone groups is 1. The molecule has 0 aliphatic rings. The first-order valence-corrected chi connectivity index (χ1v) is 11.6. The van der Waals surface area contributed by atoms with Crippen molar-refractivity contribution in [2.24, 2.45) is 5.92 Å². The number of hydrogen-bond donors (Lipinski definition) is 0. The van der Waals surface area contributed by atoms with Gasteiger partial charge in [0.25, 0.3) is 0 Å². The summed E-state index contributed by atoms with van der Waals surface area (Å²) in [6.07, 6.45) is 3.57. The molecule has 0 saturated carbocycles. The third kappa shape index (κ3) is 6.01. The van der Waals surface area contributed by atoms with Crippen molar-refractivity contribution in [3.8, 4) is 0 Å². The number of halogens is 1. The molecule has 1 heterocycles. The second kappa shape index (κ2) is 10.0. The minimum atomic E-state index is -3.76. The van der Waals surface area contributed by atoms with Crippen LogP contribution in [0.5, 0.6) is 0 Å². The molecule has 0 aliphatic heterocycles. The maximum atomic E-state index is 13.1. The van der Waals surface area contributed by atoms with Crippen LogP contribution in [0.2, 0.25) is 0 Å². The molecule has 0 saturated heterocycles. The van der Waals surface area contributed by atoms with E-state index < -0.39 is 15.7 Å². The lowest BCUT2D eigenvalue weighted by Gasteiger charge is -2.24. The van der Waals surface area contributed by atoms with E-state index in [1.54, 1.807) is 15.5 Å². The van der Waals surface area contributed by atoms with Crippen molar-refractivity contribution in [3.05, 3.63) is 60.2 Å². The van der Waals surface area contributed by atoms with E-state index in [1.807, 2.05) is 27.7 Å². The molecule has 0 N–H and O–H groups in total. The highest BCUT2D eigenvalue weighted by Gasteiger charge is 2.26. The molecule has 2 rings (SSSR count). The molecule has 30 heavy (non-hydrogen) atoms. The maximum absolute atomic E-state index is 13.1. The molecule has 2 aromatic rings. The number of benzene rings is 1. The van der Waals surface area contributed by atoms with E-state index in [-0.39, 0.29) is 35.3 Å². The van der Waals surface area contributed by atoms with Crippen LogP contribution in [0, 0.1) is 11.7 Å². The van der Waals surface area contributed by atoms with Gasteiger partial charge >= 0.3 is 0 Å². The summed E-state index contributed by atoms with van der Waals surface area (Å²) < 4.78 is 40.9. The monoisotopic (exact) mass is 435 g/mol. The maximum Gasteiger partial charge on any atom is 0.228 e. The Labute approximate surface area is 178 Å². The molecule has 6 nitrogen and oxygen atoms in total. The average Bonchev–Trinajstić information content (AvgIpc) is 3.07. The molecule has 0 bridgehead atoms. The Kier molecular flexibility index (Phi) is 7.95. The van der Waals surface area contributed by atoms with Crippen molar-refractivity contribution < 1.29 is 17.6 Å². The van der Waals surface area contributed by atoms with Crippen molar-refractivity contribution in [1.82, 2.24) is 14.5 Å². The molecule has 0 spiro atoms. The van der Waals surface area contributed by atoms with Crippen LogP contribution in [0.3, 0.4) is 0 Å². The summed E-state index contributed by atoms with van der Waals surface area (Å²) >= 11 is 0. The predicted molar refractivity (Wildman–Crippen MR) is 115 cm³/mol. The predicted octanol–water partition coefficient (Wildman–Crippen LogP) is 4.14. The van der Waals surface area contributed by atoms with Gasteiger partial charge in [-0.3, -0.25) is 4.79 Å². The van der Waals surface area contributed by atoms with Gasteiger partial charge in [0.2, 0.25) is 20.9 Å². The van der Waals surface area contributed by atoms with Gasteiger partial charge < -0.3 is 9.47 Å². The van der Waals surface area contributed by atoms with E-state index in [1.165, 1.54) is 30.5 Å². The first-order chi connectivity index (χ1) is 14.0. The largest absolute Gasteiger partial charge is 0.333 e. The molecule has 1 aromatic heterocycles. The van der Waals surface area contributed by atoms with Gasteiger partial charge in [0.05, 0.1) is 24.2 Å². The molecular weight excluding hydrogens is 405 g/mol. The number of amides is 1. The Balaban J connectivity index is 2.36. The summed E-state index contributed by atoms with van der Waals surface area (Å²) in [6.45, 7) is 12.0.